The van der Waals surface area contributed by atoms with Gasteiger partial charge in [-0.15, -0.1) is 0 Å². The third kappa shape index (κ3) is 2.63. The van der Waals surface area contributed by atoms with Gasteiger partial charge >= 0.3 is 0 Å². The van der Waals surface area contributed by atoms with Crippen molar-refractivity contribution in [3.8, 4) is 6.07 Å². The number of nitriles is 1. The normalized spacial score (nSPS) is 22.3. The van der Waals surface area contributed by atoms with Gasteiger partial charge < -0.3 is 5.11 Å². The summed E-state index contributed by atoms with van der Waals surface area (Å²) in [4.78, 5) is 2.02. The van der Waals surface area contributed by atoms with Crippen LogP contribution in [0.2, 0.25) is 0 Å². The smallest absolute Gasteiger partial charge is 0.141 e. The van der Waals surface area contributed by atoms with Gasteiger partial charge in [-0.05, 0) is 24.1 Å². The Bertz CT molecular complexity index is 681. The molecule has 1 unspecified atom stereocenters. The molecular weight excluding hydrogens is 273 g/mol. The molecule has 2 N–H and O–H groups in total. The van der Waals surface area contributed by atoms with E-state index in [-0.39, 0.29) is 5.56 Å². The topological polar surface area (TPSA) is 88.8 Å². The number of β-amino-alcohol motifs (C(OH)–C–C–N with tert-alkyl or cyclic N) is 1. The molecule has 0 spiro atoms. The summed E-state index contributed by atoms with van der Waals surface area (Å²) >= 11 is 0. The van der Waals surface area contributed by atoms with Crippen molar-refractivity contribution in [3.05, 3.63) is 47.0 Å². The fourth-order valence-corrected chi connectivity index (χ4v) is 2.65. The van der Waals surface area contributed by atoms with E-state index < -0.39 is 11.4 Å². The van der Waals surface area contributed by atoms with Crippen LogP contribution in [0.5, 0.6) is 0 Å². The third-order valence-corrected chi connectivity index (χ3v) is 3.78. The van der Waals surface area contributed by atoms with E-state index in [0.29, 0.717) is 31.7 Å². The Morgan fingerprint density at radius 2 is 2.38 bits per heavy atom. The molecule has 0 saturated carbocycles. The van der Waals surface area contributed by atoms with Crippen LogP contribution in [0.3, 0.4) is 0 Å². The van der Waals surface area contributed by atoms with E-state index in [4.69, 9.17) is 5.26 Å². The number of likely N-dealkylation sites (tertiary alicyclic amines) is 1. The van der Waals surface area contributed by atoms with E-state index in [2.05, 4.69) is 15.4 Å². The third-order valence-electron chi connectivity index (χ3n) is 3.78. The van der Waals surface area contributed by atoms with Crippen LogP contribution in [0.4, 0.5) is 4.39 Å². The summed E-state index contributed by atoms with van der Waals surface area (Å²) in [6.07, 6.45) is 2.07. The lowest BCUT2D eigenvalue weighted by Crippen LogP contribution is -2.31. The molecule has 0 radical (unpaired) electrons. The van der Waals surface area contributed by atoms with Gasteiger partial charge in [-0.2, -0.15) is 20.7 Å². The minimum atomic E-state index is -1.02. The van der Waals surface area contributed by atoms with Crippen molar-refractivity contribution in [1.29, 1.82) is 5.26 Å². The molecule has 6 nitrogen and oxygen atoms in total. The second kappa shape index (κ2) is 5.24. The maximum Gasteiger partial charge on any atom is 0.141 e. The Kier molecular flexibility index (Phi) is 3.41. The molecule has 1 aromatic heterocycles. The lowest BCUT2D eigenvalue weighted by molar-refractivity contribution is 0.0408. The van der Waals surface area contributed by atoms with Crippen molar-refractivity contribution >= 4 is 0 Å². The number of aliphatic hydroxyl groups is 1. The quantitative estimate of drug-likeness (QED) is 0.876. The second-order valence-electron chi connectivity index (χ2n) is 5.27. The molecule has 2 aromatic rings. The Balaban J connectivity index is 1.70. The maximum absolute atomic E-state index is 13.6. The first-order valence-electron chi connectivity index (χ1n) is 6.60. The monoisotopic (exact) mass is 287 g/mol. The number of aromatic nitrogens is 3. The van der Waals surface area contributed by atoms with Crippen molar-refractivity contribution in [3.63, 3.8) is 0 Å². The second-order valence-corrected chi connectivity index (χ2v) is 5.27. The molecule has 2 heterocycles. The van der Waals surface area contributed by atoms with E-state index in [1.54, 1.807) is 12.1 Å². The number of nitrogens with one attached hydrogen (secondary N) is 1. The molecule has 1 aliphatic heterocycles. The van der Waals surface area contributed by atoms with Crippen molar-refractivity contribution in [2.75, 3.05) is 13.1 Å². The Morgan fingerprint density at radius 3 is 3.05 bits per heavy atom. The number of benzene rings is 1. The molecular formula is C14H14FN5O. The maximum atomic E-state index is 13.6. The van der Waals surface area contributed by atoms with Gasteiger partial charge in [0, 0.05) is 19.6 Å². The van der Waals surface area contributed by atoms with Crippen LogP contribution >= 0.6 is 0 Å². The predicted molar refractivity (Wildman–Crippen MR) is 71.3 cm³/mol. The summed E-state index contributed by atoms with van der Waals surface area (Å²) in [5, 5.41) is 29.4. The van der Waals surface area contributed by atoms with E-state index in [0.717, 1.165) is 5.56 Å². The van der Waals surface area contributed by atoms with Gasteiger partial charge in [0.25, 0.3) is 0 Å². The Morgan fingerprint density at radius 1 is 1.52 bits per heavy atom. The molecule has 0 amide bonds. The zero-order chi connectivity index (χ0) is 14.9. The van der Waals surface area contributed by atoms with Gasteiger partial charge in [-0.1, -0.05) is 6.07 Å². The number of H-pyrrole nitrogens is 1. The predicted octanol–water partition coefficient (Wildman–Crippen LogP) is 0.909. The van der Waals surface area contributed by atoms with Gasteiger partial charge in [-0.25, -0.2) is 4.39 Å². The lowest BCUT2D eigenvalue weighted by atomic mass is 10.00. The van der Waals surface area contributed by atoms with Crippen molar-refractivity contribution in [1.82, 2.24) is 20.3 Å². The molecule has 108 valence electrons. The van der Waals surface area contributed by atoms with Gasteiger partial charge in [-0.3, -0.25) is 4.90 Å². The van der Waals surface area contributed by atoms with E-state index in [1.807, 2.05) is 4.90 Å². The molecule has 7 heteroatoms. The van der Waals surface area contributed by atoms with E-state index in [1.165, 1.54) is 18.3 Å². The number of nitrogens with zero attached hydrogens (tertiary/aromatic N) is 4. The first kappa shape index (κ1) is 13.7. The standard InChI is InChI=1S/C14H14FN5O/c15-12-5-10(1-2-11(12)6-16)8-20-4-3-14(21,9-20)13-7-17-19-18-13/h1-2,5,7,21H,3-4,8-9H2,(H,17,18,19). The molecule has 1 aliphatic rings. The van der Waals surface area contributed by atoms with Gasteiger partial charge in [0.15, 0.2) is 0 Å². The van der Waals surface area contributed by atoms with Crippen LogP contribution in [-0.2, 0) is 12.1 Å². The summed E-state index contributed by atoms with van der Waals surface area (Å²) in [6, 6.07) is 6.38. The molecule has 0 bridgehead atoms. The fourth-order valence-electron chi connectivity index (χ4n) is 2.65. The van der Waals surface area contributed by atoms with E-state index in [9.17, 15) is 9.50 Å². The zero-order valence-electron chi connectivity index (χ0n) is 11.3. The summed E-state index contributed by atoms with van der Waals surface area (Å²) in [5.74, 6) is -0.513. The molecule has 21 heavy (non-hydrogen) atoms. The molecule has 3 rings (SSSR count). The largest absolute Gasteiger partial charge is 0.382 e. The summed E-state index contributed by atoms with van der Waals surface area (Å²) < 4.78 is 13.6. The van der Waals surface area contributed by atoms with E-state index >= 15 is 0 Å². The first-order valence-corrected chi connectivity index (χ1v) is 6.60. The molecule has 1 aromatic carbocycles. The van der Waals surface area contributed by atoms with Gasteiger partial charge in [0.1, 0.15) is 23.2 Å². The highest BCUT2D eigenvalue weighted by Crippen LogP contribution is 2.31. The molecule has 1 fully saturated rings. The van der Waals surface area contributed by atoms with Crippen LogP contribution in [0, 0.1) is 17.1 Å². The van der Waals surface area contributed by atoms with Gasteiger partial charge in [0.2, 0.25) is 0 Å². The minimum absolute atomic E-state index is 0.0410. The van der Waals surface area contributed by atoms with Crippen LogP contribution in [-0.4, -0.2) is 38.5 Å². The van der Waals surface area contributed by atoms with Crippen LogP contribution < -0.4 is 0 Å². The number of rotatable bonds is 3. The van der Waals surface area contributed by atoms with Crippen molar-refractivity contribution in [2.24, 2.45) is 0 Å². The zero-order valence-corrected chi connectivity index (χ0v) is 11.3. The first-order chi connectivity index (χ1) is 10.1. The van der Waals surface area contributed by atoms with Crippen LogP contribution in [0.15, 0.2) is 24.4 Å². The summed E-state index contributed by atoms with van der Waals surface area (Å²) in [6.45, 7) is 1.62. The van der Waals surface area contributed by atoms with Crippen LogP contribution in [0.25, 0.3) is 0 Å². The minimum Gasteiger partial charge on any atom is -0.382 e. The lowest BCUT2D eigenvalue weighted by Gasteiger charge is -2.21. The van der Waals surface area contributed by atoms with Crippen molar-refractivity contribution < 1.29 is 9.50 Å². The summed E-state index contributed by atoms with van der Waals surface area (Å²) in [7, 11) is 0. The molecule has 0 aliphatic carbocycles. The van der Waals surface area contributed by atoms with Crippen molar-refractivity contribution in [2.45, 2.75) is 18.6 Å². The highest BCUT2D eigenvalue weighted by atomic mass is 19.1. The van der Waals surface area contributed by atoms with Gasteiger partial charge in [0.05, 0.1) is 11.8 Å². The number of hydrogen-bond donors (Lipinski definition) is 2. The Hall–Kier alpha value is -2.30. The average Bonchev–Trinajstić information content (AvgIpc) is 3.10. The number of aromatic amines is 1. The Labute approximate surface area is 120 Å². The highest BCUT2D eigenvalue weighted by molar-refractivity contribution is 5.33. The average molecular weight is 287 g/mol. The molecule has 1 saturated heterocycles. The molecule has 1 atom stereocenters. The highest BCUT2D eigenvalue weighted by Gasteiger charge is 2.39. The van der Waals surface area contributed by atoms with Crippen LogP contribution in [0.1, 0.15) is 23.2 Å². The SMILES string of the molecule is N#Cc1ccc(CN2CCC(O)(c3cn[nH]n3)C2)cc1F. The number of halogens is 1. The fraction of sp³-hybridized carbons (Fsp3) is 0.357. The summed E-state index contributed by atoms with van der Waals surface area (Å²) in [5.41, 5.74) is 0.323. The number of hydrogen-bond acceptors (Lipinski definition) is 5.